The Kier molecular flexibility index (Phi) is 1.57. The lowest BCUT2D eigenvalue weighted by atomic mass is 9.91. The summed E-state index contributed by atoms with van der Waals surface area (Å²) >= 11 is 0. The summed E-state index contributed by atoms with van der Waals surface area (Å²) in [6.45, 7) is 8.24. The minimum Gasteiger partial charge on any atom is -0.261 e. The largest absolute Gasteiger partial charge is 0.261 e. The van der Waals surface area contributed by atoms with E-state index >= 15 is 0 Å². The molecule has 1 heteroatoms. The van der Waals surface area contributed by atoms with Gasteiger partial charge in [0.1, 0.15) is 0 Å². The van der Waals surface area contributed by atoms with Gasteiger partial charge in [0.2, 0.25) is 0 Å². The first-order valence-corrected chi connectivity index (χ1v) is 2.54. The van der Waals surface area contributed by atoms with Crippen molar-refractivity contribution in [3.8, 4) is 0 Å². The van der Waals surface area contributed by atoms with Crippen LogP contribution in [0.2, 0.25) is 0 Å². The van der Waals surface area contributed by atoms with Gasteiger partial charge in [-0.3, -0.25) is 5.41 Å². The van der Waals surface area contributed by atoms with Crippen LogP contribution in [0.15, 0.2) is 0 Å². The molecular weight excluding hydrogens is 86.1 g/mol. The predicted molar refractivity (Wildman–Crippen MR) is 32.1 cm³/mol. The number of rotatable bonds is 0. The smallest absolute Gasteiger partial charge is 0.151 e. The third-order valence-corrected chi connectivity index (χ3v) is 1.18. The minimum atomic E-state index is 0.194. The maximum atomic E-state index is 5.49. The molecule has 0 bridgehead atoms. The highest BCUT2D eigenvalue weighted by Gasteiger charge is 2.16. The molecule has 0 atom stereocenters. The summed E-state index contributed by atoms with van der Waals surface area (Å²) in [5, 5.41) is 5.49. The molecule has 0 unspecified atom stereocenters. The molecule has 0 aromatic carbocycles. The predicted octanol–water partition coefficient (Wildman–Crippen LogP) is 0.252. The van der Waals surface area contributed by atoms with Crippen molar-refractivity contribution in [1.82, 2.24) is 0 Å². The quantitative estimate of drug-likeness (QED) is 0.422. The fourth-order valence-corrected chi connectivity index (χ4v) is 0. The lowest BCUT2D eigenvalue weighted by Gasteiger charge is -2.09. The van der Waals surface area contributed by atoms with Crippen LogP contribution in [0.3, 0.4) is 0 Å². The average Bonchev–Trinajstić information content (AvgIpc) is 1.31. The number of hydrogen-bond donors (Lipinski definition) is 1. The first kappa shape index (κ1) is 6.67. The van der Waals surface area contributed by atoms with Gasteiger partial charge in [0.15, 0.2) is 5.71 Å². The van der Waals surface area contributed by atoms with Crippen LogP contribution < -0.4 is 5.41 Å². The van der Waals surface area contributed by atoms with Crippen LogP contribution >= 0.6 is 0 Å². The van der Waals surface area contributed by atoms with Gasteiger partial charge in [-0.25, -0.2) is 0 Å². The van der Waals surface area contributed by atoms with Crippen LogP contribution in [-0.2, 0) is 0 Å². The average molecular weight is 100 g/mol. The third-order valence-electron chi connectivity index (χ3n) is 1.18. The molecule has 0 heterocycles. The molecule has 1 nitrogen and oxygen atoms in total. The molecule has 42 valence electrons. The van der Waals surface area contributed by atoms with E-state index < -0.39 is 0 Å². The van der Waals surface area contributed by atoms with E-state index in [9.17, 15) is 0 Å². The van der Waals surface area contributed by atoms with E-state index in [2.05, 4.69) is 20.8 Å². The third kappa shape index (κ3) is 2.38. The molecule has 0 rings (SSSR count). The molecule has 0 aromatic heterocycles. The second-order valence-electron chi connectivity index (χ2n) is 2.93. The molecule has 0 aliphatic rings. The molecule has 0 aromatic rings. The van der Waals surface area contributed by atoms with Gasteiger partial charge in [0.05, 0.1) is 0 Å². The van der Waals surface area contributed by atoms with E-state index in [4.69, 9.17) is 5.41 Å². The normalized spacial score (nSPS) is 11.4. The van der Waals surface area contributed by atoms with Gasteiger partial charge in [-0.05, 0) is 0 Å². The van der Waals surface area contributed by atoms with Crippen molar-refractivity contribution in [2.45, 2.75) is 27.7 Å². The molecule has 2 N–H and O–H groups in total. The summed E-state index contributed by atoms with van der Waals surface area (Å²) in [6, 6.07) is 0. The molecular formula is C6H14N+. The summed E-state index contributed by atoms with van der Waals surface area (Å²) in [6.07, 6.45) is 0. The summed E-state index contributed by atoms with van der Waals surface area (Å²) in [5.74, 6) is 0. The molecule has 0 radical (unpaired) electrons. The maximum absolute atomic E-state index is 5.49. The zero-order chi connectivity index (χ0) is 6.08. The van der Waals surface area contributed by atoms with Crippen LogP contribution in [-0.4, -0.2) is 5.71 Å². The summed E-state index contributed by atoms with van der Waals surface area (Å²) in [5.41, 5.74) is 1.19. The summed E-state index contributed by atoms with van der Waals surface area (Å²) in [7, 11) is 0. The Labute approximate surface area is 45.2 Å². The lowest BCUT2D eigenvalue weighted by Crippen LogP contribution is -2.45. The Morgan fingerprint density at radius 2 is 1.43 bits per heavy atom. The highest BCUT2D eigenvalue weighted by molar-refractivity contribution is 5.80. The molecule has 0 aliphatic heterocycles. The fourth-order valence-electron chi connectivity index (χ4n) is 0. The zero-order valence-electron chi connectivity index (χ0n) is 5.58. The van der Waals surface area contributed by atoms with E-state index in [0.29, 0.717) is 0 Å². The number of hydrogen-bond acceptors (Lipinski definition) is 0. The van der Waals surface area contributed by atoms with Crippen LogP contribution in [0.5, 0.6) is 0 Å². The zero-order valence-corrected chi connectivity index (χ0v) is 5.58. The number of nitrogens with two attached hydrogens (primary N) is 1. The van der Waals surface area contributed by atoms with E-state index in [0.717, 1.165) is 5.71 Å². The highest BCUT2D eigenvalue weighted by Crippen LogP contribution is 2.11. The molecule has 0 aliphatic carbocycles. The Bertz CT molecular complexity index is 76.7. The SMILES string of the molecule is CC(=[NH2+])C(C)(C)C. The topological polar surface area (TPSA) is 25.6 Å². The van der Waals surface area contributed by atoms with Crippen molar-refractivity contribution in [3.63, 3.8) is 0 Å². The standard InChI is InChI=1S/C6H13N/c1-5(7)6(2,3)4/h7H,1-4H3/p+1. The lowest BCUT2D eigenvalue weighted by molar-refractivity contribution is -0.124. The Morgan fingerprint density at radius 3 is 1.43 bits per heavy atom. The molecule has 0 amide bonds. The van der Waals surface area contributed by atoms with Gasteiger partial charge < -0.3 is 0 Å². The van der Waals surface area contributed by atoms with E-state index in [1.165, 1.54) is 0 Å². The second kappa shape index (κ2) is 1.65. The summed E-state index contributed by atoms with van der Waals surface area (Å²) in [4.78, 5) is 0. The maximum Gasteiger partial charge on any atom is 0.151 e. The highest BCUT2D eigenvalue weighted by atomic mass is 14.4. The van der Waals surface area contributed by atoms with Crippen molar-refractivity contribution < 1.29 is 5.41 Å². The van der Waals surface area contributed by atoms with Gasteiger partial charge in [0.25, 0.3) is 0 Å². The summed E-state index contributed by atoms with van der Waals surface area (Å²) < 4.78 is 0. The van der Waals surface area contributed by atoms with Crippen molar-refractivity contribution in [2.24, 2.45) is 5.41 Å². The Hall–Kier alpha value is -0.330. The van der Waals surface area contributed by atoms with Crippen LogP contribution in [0, 0.1) is 5.41 Å². The second-order valence-corrected chi connectivity index (χ2v) is 2.93. The monoisotopic (exact) mass is 100 g/mol. The van der Waals surface area contributed by atoms with Crippen molar-refractivity contribution in [2.75, 3.05) is 0 Å². The van der Waals surface area contributed by atoms with Crippen molar-refractivity contribution >= 4 is 5.71 Å². The molecule has 0 saturated carbocycles. The Morgan fingerprint density at radius 1 is 1.29 bits per heavy atom. The van der Waals surface area contributed by atoms with Gasteiger partial charge >= 0.3 is 0 Å². The molecule has 7 heavy (non-hydrogen) atoms. The van der Waals surface area contributed by atoms with Gasteiger partial charge in [-0.15, -0.1) is 0 Å². The minimum absolute atomic E-state index is 0.194. The Balaban J connectivity index is 3.79. The van der Waals surface area contributed by atoms with E-state index in [-0.39, 0.29) is 5.41 Å². The van der Waals surface area contributed by atoms with Gasteiger partial charge in [0, 0.05) is 12.3 Å². The first-order valence-electron chi connectivity index (χ1n) is 2.54. The van der Waals surface area contributed by atoms with Gasteiger partial charge in [-0.1, -0.05) is 20.8 Å². The van der Waals surface area contributed by atoms with Crippen LogP contribution in [0.1, 0.15) is 27.7 Å². The van der Waals surface area contributed by atoms with Gasteiger partial charge in [-0.2, -0.15) is 0 Å². The first-order chi connectivity index (χ1) is 2.94. The van der Waals surface area contributed by atoms with Crippen LogP contribution in [0.25, 0.3) is 0 Å². The molecule has 0 spiro atoms. The van der Waals surface area contributed by atoms with Crippen LogP contribution in [0.4, 0.5) is 0 Å². The molecule has 0 saturated heterocycles. The van der Waals surface area contributed by atoms with Crippen molar-refractivity contribution in [1.29, 1.82) is 0 Å². The molecule has 0 fully saturated rings. The van der Waals surface area contributed by atoms with E-state index in [1.807, 2.05) is 6.92 Å². The fraction of sp³-hybridized carbons (Fsp3) is 0.833. The van der Waals surface area contributed by atoms with Crippen molar-refractivity contribution in [3.05, 3.63) is 0 Å². The van der Waals surface area contributed by atoms with E-state index in [1.54, 1.807) is 0 Å².